The number of nitrogens with zero attached hydrogens (tertiary/aromatic N) is 2. The minimum atomic E-state index is 0.450. The first-order valence-electron chi connectivity index (χ1n) is 6.47. The zero-order valence-corrected chi connectivity index (χ0v) is 11.3. The maximum absolute atomic E-state index is 5.86. The second-order valence-corrected chi connectivity index (χ2v) is 5.43. The van der Waals surface area contributed by atoms with E-state index in [4.69, 9.17) is 17.3 Å². The van der Waals surface area contributed by atoms with Crippen molar-refractivity contribution in [2.24, 2.45) is 5.73 Å². The number of piperidine rings is 1. The van der Waals surface area contributed by atoms with Crippen LogP contribution in [0, 0.1) is 0 Å². The van der Waals surface area contributed by atoms with Gasteiger partial charge < -0.3 is 15.5 Å². The Morgan fingerprint density at radius 2 is 1.69 bits per heavy atom. The SMILES string of the molecule is CN1CCC(Cl)CC1.NCCN1CCCC1. The average molecular weight is 248 g/mol. The highest BCUT2D eigenvalue weighted by atomic mass is 35.5. The van der Waals surface area contributed by atoms with Gasteiger partial charge in [-0.2, -0.15) is 0 Å². The van der Waals surface area contributed by atoms with E-state index in [-0.39, 0.29) is 0 Å². The van der Waals surface area contributed by atoms with Crippen molar-refractivity contribution >= 4 is 11.6 Å². The molecule has 16 heavy (non-hydrogen) atoms. The molecule has 0 bridgehead atoms. The molecule has 4 heteroatoms. The summed E-state index contributed by atoms with van der Waals surface area (Å²) in [5, 5.41) is 0.450. The topological polar surface area (TPSA) is 32.5 Å². The highest BCUT2D eigenvalue weighted by Crippen LogP contribution is 2.13. The molecule has 2 aliphatic rings. The third kappa shape index (κ3) is 6.04. The number of alkyl halides is 1. The van der Waals surface area contributed by atoms with Crippen molar-refractivity contribution < 1.29 is 0 Å². The van der Waals surface area contributed by atoms with E-state index in [1.54, 1.807) is 0 Å². The molecule has 0 aromatic heterocycles. The van der Waals surface area contributed by atoms with E-state index in [0.29, 0.717) is 5.38 Å². The quantitative estimate of drug-likeness (QED) is 0.748. The highest BCUT2D eigenvalue weighted by molar-refractivity contribution is 6.20. The predicted octanol–water partition coefficient (Wildman–Crippen LogP) is 1.36. The van der Waals surface area contributed by atoms with Gasteiger partial charge in [0.1, 0.15) is 0 Å². The van der Waals surface area contributed by atoms with Crippen molar-refractivity contribution in [3.63, 3.8) is 0 Å². The molecule has 3 nitrogen and oxygen atoms in total. The van der Waals surface area contributed by atoms with E-state index in [1.165, 1.54) is 39.0 Å². The molecule has 2 heterocycles. The Kier molecular flexibility index (Phi) is 7.37. The van der Waals surface area contributed by atoms with Crippen LogP contribution in [0.1, 0.15) is 25.7 Å². The van der Waals surface area contributed by atoms with Crippen molar-refractivity contribution in [1.29, 1.82) is 0 Å². The van der Waals surface area contributed by atoms with E-state index in [2.05, 4.69) is 16.8 Å². The number of hydrogen-bond donors (Lipinski definition) is 1. The lowest BCUT2D eigenvalue weighted by Gasteiger charge is -2.24. The van der Waals surface area contributed by atoms with Crippen LogP contribution in [-0.2, 0) is 0 Å². The van der Waals surface area contributed by atoms with Crippen LogP contribution in [0.4, 0.5) is 0 Å². The Balaban J connectivity index is 0.000000160. The van der Waals surface area contributed by atoms with Crippen molar-refractivity contribution in [1.82, 2.24) is 9.80 Å². The van der Waals surface area contributed by atoms with Crippen molar-refractivity contribution in [2.45, 2.75) is 31.1 Å². The number of hydrogen-bond acceptors (Lipinski definition) is 3. The van der Waals surface area contributed by atoms with Gasteiger partial charge in [0, 0.05) is 18.5 Å². The lowest BCUT2D eigenvalue weighted by atomic mass is 10.1. The van der Waals surface area contributed by atoms with Gasteiger partial charge in [0.05, 0.1) is 0 Å². The molecule has 0 unspecified atom stereocenters. The maximum atomic E-state index is 5.86. The summed E-state index contributed by atoms with van der Waals surface area (Å²) in [6.07, 6.45) is 5.08. The van der Waals surface area contributed by atoms with E-state index < -0.39 is 0 Å². The van der Waals surface area contributed by atoms with E-state index in [1.807, 2.05) is 0 Å². The Morgan fingerprint density at radius 3 is 2.12 bits per heavy atom. The summed E-state index contributed by atoms with van der Waals surface area (Å²) in [6.45, 7) is 6.82. The highest BCUT2D eigenvalue weighted by Gasteiger charge is 2.12. The van der Waals surface area contributed by atoms with Gasteiger partial charge in [0.25, 0.3) is 0 Å². The summed E-state index contributed by atoms with van der Waals surface area (Å²) in [4.78, 5) is 4.73. The zero-order chi connectivity index (χ0) is 11.8. The third-order valence-corrected chi connectivity index (χ3v) is 3.73. The van der Waals surface area contributed by atoms with Gasteiger partial charge in [-0.05, 0) is 58.9 Å². The average Bonchev–Trinajstić information content (AvgIpc) is 2.77. The zero-order valence-electron chi connectivity index (χ0n) is 10.5. The predicted molar refractivity (Wildman–Crippen MR) is 71.1 cm³/mol. The number of halogens is 1. The monoisotopic (exact) mass is 247 g/mol. The summed E-state index contributed by atoms with van der Waals surface area (Å²) in [5.74, 6) is 0. The van der Waals surface area contributed by atoms with E-state index in [9.17, 15) is 0 Å². The molecule has 96 valence electrons. The van der Waals surface area contributed by atoms with Crippen LogP contribution < -0.4 is 5.73 Å². The number of rotatable bonds is 2. The molecule has 2 fully saturated rings. The second-order valence-electron chi connectivity index (χ2n) is 4.82. The fourth-order valence-electron chi connectivity index (χ4n) is 2.17. The van der Waals surface area contributed by atoms with Crippen molar-refractivity contribution in [3.8, 4) is 0 Å². The molecule has 0 aliphatic carbocycles. The van der Waals surface area contributed by atoms with Gasteiger partial charge in [-0.15, -0.1) is 11.6 Å². The Morgan fingerprint density at radius 1 is 1.12 bits per heavy atom. The lowest BCUT2D eigenvalue weighted by Crippen LogP contribution is -2.30. The van der Waals surface area contributed by atoms with Gasteiger partial charge in [-0.1, -0.05) is 0 Å². The molecule has 0 saturated carbocycles. The van der Waals surface area contributed by atoms with Crippen LogP contribution in [0.25, 0.3) is 0 Å². The molecule has 0 spiro atoms. The standard InChI is InChI=1S/C6H12ClN.C6H14N2/c1-8-4-2-6(7)3-5-8;7-3-6-8-4-1-2-5-8/h6H,2-5H2,1H3;1-7H2. The normalized spacial score (nSPS) is 24.2. The van der Waals surface area contributed by atoms with E-state index in [0.717, 1.165) is 25.9 Å². The molecule has 2 N–H and O–H groups in total. The summed E-state index contributed by atoms with van der Waals surface area (Å²) in [7, 11) is 2.14. The molecule has 0 aromatic rings. The van der Waals surface area contributed by atoms with E-state index >= 15 is 0 Å². The minimum Gasteiger partial charge on any atom is -0.329 e. The third-order valence-electron chi connectivity index (χ3n) is 3.29. The van der Waals surface area contributed by atoms with Crippen LogP contribution in [0.5, 0.6) is 0 Å². The molecule has 2 rings (SSSR count). The van der Waals surface area contributed by atoms with Crippen LogP contribution in [0.15, 0.2) is 0 Å². The minimum absolute atomic E-state index is 0.450. The first-order chi connectivity index (χ1) is 7.72. The molecule has 2 saturated heterocycles. The van der Waals surface area contributed by atoms with Gasteiger partial charge >= 0.3 is 0 Å². The molecule has 0 atom stereocenters. The van der Waals surface area contributed by atoms with Crippen molar-refractivity contribution in [3.05, 3.63) is 0 Å². The molecule has 0 radical (unpaired) electrons. The van der Waals surface area contributed by atoms with Crippen LogP contribution in [0.3, 0.4) is 0 Å². The summed E-state index contributed by atoms with van der Waals surface area (Å²) in [6, 6.07) is 0. The molecule has 2 aliphatic heterocycles. The second kappa shape index (κ2) is 8.29. The van der Waals surface area contributed by atoms with Gasteiger partial charge in [-0.25, -0.2) is 0 Å². The van der Waals surface area contributed by atoms with Crippen LogP contribution in [0.2, 0.25) is 0 Å². The Hall–Kier alpha value is 0.170. The number of likely N-dealkylation sites (tertiary alicyclic amines) is 2. The molecular weight excluding hydrogens is 222 g/mol. The molecule has 0 aromatic carbocycles. The maximum Gasteiger partial charge on any atom is 0.0360 e. The fraction of sp³-hybridized carbons (Fsp3) is 1.00. The van der Waals surface area contributed by atoms with Crippen LogP contribution in [-0.4, -0.2) is 61.5 Å². The molecular formula is C12H26ClN3. The first-order valence-corrected chi connectivity index (χ1v) is 6.91. The Labute approximate surface area is 105 Å². The Bertz CT molecular complexity index is 154. The fourth-order valence-corrected chi connectivity index (χ4v) is 2.36. The van der Waals surface area contributed by atoms with Crippen LogP contribution >= 0.6 is 11.6 Å². The largest absolute Gasteiger partial charge is 0.329 e. The summed E-state index contributed by atoms with van der Waals surface area (Å²) in [5.41, 5.74) is 5.37. The first kappa shape index (κ1) is 14.2. The summed E-state index contributed by atoms with van der Waals surface area (Å²) < 4.78 is 0. The smallest absolute Gasteiger partial charge is 0.0360 e. The van der Waals surface area contributed by atoms with Gasteiger partial charge in [-0.3, -0.25) is 0 Å². The van der Waals surface area contributed by atoms with Gasteiger partial charge in [0.2, 0.25) is 0 Å². The molecule has 0 amide bonds. The number of nitrogens with two attached hydrogens (primary N) is 1. The summed E-state index contributed by atoms with van der Waals surface area (Å²) >= 11 is 5.86. The van der Waals surface area contributed by atoms with Gasteiger partial charge in [0.15, 0.2) is 0 Å². The lowest BCUT2D eigenvalue weighted by molar-refractivity contribution is 0.280. The van der Waals surface area contributed by atoms with Crippen molar-refractivity contribution in [2.75, 3.05) is 46.3 Å².